The van der Waals surface area contributed by atoms with Crippen LogP contribution in [0.3, 0.4) is 0 Å². The minimum absolute atomic E-state index is 0.178. The van der Waals surface area contributed by atoms with Gasteiger partial charge in [0, 0.05) is 11.1 Å². The van der Waals surface area contributed by atoms with Crippen molar-refractivity contribution in [3.63, 3.8) is 0 Å². The van der Waals surface area contributed by atoms with Crippen LogP contribution in [0.2, 0.25) is 0 Å². The molecule has 1 rings (SSSR count). The molecule has 1 fully saturated rings. The van der Waals surface area contributed by atoms with Crippen LogP contribution < -0.4 is 0 Å². The molecule has 1 saturated carbocycles. The minimum Gasteiger partial charge on any atom is -0.463 e. The summed E-state index contributed by atoms with van der Waals surface area (Å²) in [7, 11) is 0. The smallest absolute Gasteiger partial charge is 0.333 e. The Bertz CT molecular complexity index is 654. The van der Waals surface area contributed by atoms with Crippen molar-refractivity contribution in [2.24, 2.45) is 11.8 Å². The molecule has 0 amide bonds. The zero-order valence-electron chi connectivity index (χ0n) is 18.5. The standard InChI is InChI=1S/C22H32O10/c1-13(2)19(25)29-9-15(23)11-31-21(27)17-7-5-6-8-18(17)22(28)32-12-16(24)10-30-20(26)14(3)4/h15-18,23-24H,1,3,5-12H2,2,4H3. The van der Waals surface area contributed by atoms with E-state index in [4.69, 9.17) is 18.9 Å². The lowest BCUT2D eigenvalue weighted by atomic mass is 9.79. The molecule has 0 bridgehead atoms. The van der Waals surface area contributed by atoms with Crippen molar-refractivity contribution in [1.29, 1.82) is 0 Å². The molecule has 1 aliphatic rings. The van der Waals surface area contributed by atoms with Crippen LogP contribution in [-0.2, 0) is 38.1 Å². The highest BCUT2D eigenvalue weighted by atomic mass is 16.6. The Morgan fingerprint density at radius 1 is 0.719 bits per heavy atom. The van der Waals surface area contributed by atoms with Gasteiger partial charge in [-0.15, -0.1) is 0 Å². The molecule has 0 radical (unpaired) electrons. The van der Waals surface area contributed by atoms with E-state index in [0.717, 1.165) is 12.8 Å². The van der Waals surface area contributed by atoms with E-state index in [9.17, 15) is 29.4 Å². The minimum atomic E-state index is -1.21. The SMILES string of the molecule is C=C(C)C(=O)OCC(O)COC(=O)C1CCCCC1C(=O)OCC(O)COC(=O)C(=C)C. The summed E-state index contributed by atoms with van der Waals surface area (Å²) in [6, 6.07) is 0. The Balaban J connectivity index is 2.48. The van der Waals surface area contributed by atoms with Crippen molar-refractivity contribution in [3.05, 3.63) is 24.3 Å². The topological polar surface area (TPSA) is 146 Å². The number of ether oxygens (including phenoxy) is 4. The average molecular weight is 456 g/mol. The van der Waals surface area contributed by atoms with Crippen LogP contribution in [0.4, 0.5) is 0 Å². The van der Waals surface area contributed by atoms with Gasteiger partial charge in [0.15, 0.2) is 0 Å². The van der Waals surface area contributed by atoms with E-state index in [1.54, 1.807) is 0 Å². The molecule has 1 aliphatic carbocycles. The highest BCUT2D eigenvalue weighted by Gasteiger charge is 2.38. The Labute approximate surface area is 187 Å². The van der Waals surface area contributed by atoms with Gasteiger partial charge in [-0.1, -0.05) is 26.0 Å². The van der Waals surface area contributed by atoms with Crippen molar-refractivity contribution >= 4 is 23.9 Å². The number of carbonyl (C=O) groups excluding carboxylic acids is 4. The second-order valence-electron chi connectivity index (χ2n) is 7.82. The van der Waals surface area contributed by atoms with Gasteiger partial charge in [0.1, 0.15) is 38.6 Å². The maximum absolute atomic E-state index is 12.5. The molecule has 4 atom stereocenters. The first-order chi connectivity index (χ1) is 15.0. The number of esters is 4. The summed E-state index contributed by atoms with van der Waals surface area (Å²) < 4.78 is 19.8. The molecule has 4 unspecified atom stereocenters. The number of carbonyl (C=O) groups is 4. The zero-order chi connectivity index (χ0) is 24.3. The fraction of sp³-hybridized carbons (Fsp3) is 0.636. The predicted octanol–water partition coefficient (Wildman–Crippen LogP) is 0.840. The first-order valence-electron chi connectivity index (χ1n) is 10.4. The third kappa shape index (κ3) is 9.61. The zero-order valence-corrected chi connectivity index (χ0v) is 18.5. The number of aliphatic hydroxyl groups excluding tert-OH is 2. The average Bonchev–Trinajstić information content (AvgIpc) is 2.77. The number of hydrogen-bond donors (Lipinski definition) is 2. The van der Waals surface area contributed by atoms with Gasteiger partial charge in [-0.05, 0) is 26.7 Å². The highest BCUT2D eigenvalue weighted by molar-refractivity contribution is 5.87. The normalized spacial score (nSPS) is 19.8. The molecule has 0 aromatic rings. The fourth-order valence-electron chi connectivity index (χ4n) is 2.95. The van der Waals surface area contributed by atoms with Gasteiger partial charge in [-0.2, -0.15) is 0 Å². The quantitative estimate of drug-likeness (QED) is 0.246. The molecular weight excluding hydrogens is 424 g/mol. The Hall–Kier alpha value is -2.72. The van der Waals surface area contributed by atoms with E-state index in [0.29, 0.717) is 12.8 Å². The third-order valence-electron chi connectivity index (χ3n) is 4.72. The molecule has 180 valence electrons. The summed E-state index contributed by atoms with van der Waals surface area (Å²) in [5.74, 6) is -4.15. The Kier molecular flexibility index (Phi) is 11.6. The monoisotopic (exact) mass is 456 g/mol. The summed E-state index contributed by atoms with van der Waals surface area (Å²) in [5, 5.41) is 19.7. The van der Waals surface area contributed by atoms with Gasteiger partial charge in [0.2, 0.25) is 0 Å². The molecule has 0 aliphatic heterocycles. The van der Waals surface area contributed by atoms with Crippen molar-refractivity contribution in [1.82, 2.24) is 0 Å². The van der Waals surface area contributed by atoms with Crippen LogP contribution in [-0.4, -0.2) is 72.7 Å². The van der Waals surface area contributed by atoms with Crippen LogP contribution in [0.25, 0.3) is 0 Å². The Morgan fingerprint density at radius 2 is 1.03 bits per heavy atom. The first kappa shape index (κ1) is 27.3. The number of hydrogen-bond acceptors (Lipinski definition) is 10. The third-order valence-corrected chi connectivity index (χ3v) is 4.72. The predicted molar refractivity (Wildman–Crippen MR) is 111 cm³/mol. The van der Waals surface area contributed by atoms with Crippen molar-refractivity contribution < 1.29 is 48.3 Å². The maximum atomic E-state index is 12.5. The lowest BCUT2D eigenvalue weighted by Gasteiger charge is -2.28. The summed E-state index contributed by atoms with van der Waals surface area (Å²) >= 11 is 0. The highest BCUT2D eigenvalue weighted by Crippen LogP contribution is 2.32. The summed E-state index contributed by atoms with van der Waals surface area (Å²) in [5.41, 5.74) is 0.355. The van der Waals surface area contributed by atoms with E-state index in [1.807, 2.05) is 0 Å². The summed E-state index contributed by atoms with van der Waals surface area (Å²) in [6.45, 7) is 8.25. The Morgan fingerprint density at radius 3 is 1.34 bits per heavy atom. The van der Waals surface area contributed by atoms with E-state index >= 15 is 0 Å². The van der Waals surface area contributed by atoms with Crippen LogP contribution in [0.15, 0.2) is 24.3 Å². The van der Waals surface area contributed by atoms with E-state index < -0.39 is 61.1 Å². The molecular formula is C22H32O10. The van der Waals surface area contributed by atoms with E-state index in [-0.39, 0.29) is 24.4 Å². The molecule has 0 heterocycles. The van der Waals surface area contributed by atoms with Crippen LogP contribution >= 0.6 is 0 Å². The molecule has 10 heteroatoms. The van der Waals surface area contributed by atoms with Gasteiger partial charge in [0.25, 0.3) is 0 Å². The van der Waals surface area contributed by atoms with Gasteiger partial charge in [-0.3, -0.25) is 9.59 Å². The first-order valence-corrected chi connectivity index (χ1v) is 10.4. The molecule has 0 saturated heterocycles. The lowest BCUT2D eigenvalue weighted by molar-refractivity contribution is -0.167. The number of aliphatic hydroxyl groups is 2. The number of rotatable bonds is 12. The largest absolute Gasteiger partial charge is 0.463 e. The second kappa shape index (κ2) is 13.6. The maximum Gasteiger partial charge on any atom is 0.333 e. The van der Waals surface area contributed by atoms with Crippen LogP contribution in [0.5, 0.6) is 0 Å². The fourth-order valence-corrected chi connectivity index (χ4v) is 2.95. The van der Waals surface area contributed by atoms with Crippen molar-refractivity contribution in [3.8, 4) is 0 Å². The second-order valence-corrected chi connectivity index (χ2v) is 7.82. The molecule has 0 spiro atoms. The van der Waals surface area contributed by atoms with E-state index in [1.165, 1.54) is 13.8 Å². The van der Waals surface area contributed by atoms with E-state index in [2.05, 4.69) is 13.2 Å². The summed E-state index contributed by atoms with van der Waals surface area (Å²) in [4.78, 5) is 47.6. The van der Waals surface area contributed by atoms with Crippen LogP contribution in [0.1, 0.15) is 39.5 Å². The van der Waals surface area contributed by atoms with Gasteiger partial charge < -0.3 is 29.2 Å². The van der Waals surface area contributed by atoms with Gasteiger partial charge in [-0.25, -0.2) is 9.59 Å². The summed E-state index contributed by atoms with van der Waals surface area (Å²) in [6.07, 6.45) is -0.151. The molecule has 0 aromatic heterocycles. The molecule has 32 heavy (non-hydrogen) atoms. The van der Waals surface area contributed by atoms with Crippen molar-refractivity contribution in [2.45, 2.75) is 51.7 Å². The van der Waals surface area contributed by atoms with Crippen LogP contribution in [0, 0.1) is 11.8 Å². The molecule has 0 aromatic carbocycles. The molecule has 2 N–H and O–H groups in total. The molecule has 10 nitrogen and oxygen atoms in total. The van der Waals surface area contributed by atoms with Gasteiger partial charge >= 0.3 is 23.9 Å². The lowest BCUT2D eigenvalue weighted by Crippen LogP contribution is -2.37. The van der Waals surface area contributed by atoms with Gasteiger partial charge in [0.05, 0.1) is 11.8 Å². The van der Waals surface area contributed by atoms with Crippen molar-refractivity contribution in [2.75, 3.05) is 26.4 Å².